The van der Waals surface area contributed by atoms with Crippen molar-refractivity contribution in [2.24, 2.45) is 0 Å². The molecule has 0 aliphatic heterocycles. The predicted octanol–water partition coefficient (Wildman–Crippen LogP) is 4.53. The average Bonchev–Trinajstić information content (AvgIpc) is 3.39. The van der Waals surface area contributed by atoms with E-state index < -0.39 is 0 Å². The molecule has 1 aromatic carbocycles. The van der Waals surface area contributed by atoms with Gasteiger partial charge in [0.1, 0.15) is 12.4 Å². The number of thiazole rings is 1. The monoisotopic (exact) mass is 453 g/mol. The molecule has 0 N–H and O–H groups in total. The summed E-state index contributed by atoms with van der Waals surface area (Å²) >= 11 is 2.93. The molecular formula is C22H23N5O2S2. The van der Waals surface area contributed by atoms with Crippen LogP contribution >= 0.6 is 23.1 Å². The van der Waals surface area contributed by atoms with E-state index in [0.717, 1.165) is 16.7 Å². The Balaban J connectivity index is 1.46. The average molecular weight is 454 g/mol. The van der Waals surface area contributed by atoms with E-state index in [0.29, 0.717) is 35.5 Å². The summed E-state index contributed by atoms with van der Waals surface area (Å²) < 4.78 is 9.44. The third-order valence-electron chi connectivity index (χ3n) is 4.73. The number of aromatic nitrogens is 5. The molecule has 0 spiro atoms. The lowest BCUT2D eigenvalue weighted by Crippen LogP contribution is -2.12. The highest BCUT2D eigenvalue weighted by atomic mass is 32.2. The van der Waals surface area contributed by atoms with Crippen LogP contribution in [0.2, 0.25) is 0 Å². The molecule has 0 saturated heterocycles. The molecule has 0 radical (unpaired) electrons. The van der Waals surface area contributed by atoms with Crippen molar-refractivity contribution < 1.29 is 4.74 Å². The Morgan fingerprint density at radius 1 is 1.26 bits per heavy atom. The van der Waals surface area contributed by atoms with Gasteiger partial charge in [0.05, 0.1) is 5.69 Å². The third-order valence-corrected chi connectivity index (χ3v) is 6.48. The molecule has 9 heteroatoms. The van der Waals surface area contributed by atoms with E-state index in [2.05, 4.69) is 47.7 Å². The summed E-state index contributed by atoms with van der Waals surface area (Å²) in [6, 6.07) is 9.67. The SMILES string of the molecule is C=CCn1c(COc2ccc(C(C)C)cc2)nnc1SCc1cc(=O)n2ccsc2n1. The predicted molar refractivity (Wildman–Crippen MR) is 124 cm³/mol. The van der Waals surface area contributed by atoms with Crippen LogP contribution in [-0.2, 0) is 18.9 Å². The quantitative estimate of drug-likeness (QED) is 0.274. The molecule has 0 fully saturated rings. The first-order valence-corrected chi connectivity index (χ1v) is 11.8. The van der Waals surface area contributed by atoms with E-state index in [-0.39, 0.29) is 5.56 Å². The lowest BCUT2D eigenvalue weighted by Gasteiger charge is -2.10. The van der Waals surface area contributed by atoms with Crippen molar-refractivity contribution in [1.29, 1.82) is 0 Å². The van der Waals surface area contributed by atoms with Crippen molar-refractivity contribution in [2.75, 3.05) is 0 Å². The van der Waals surface area contributed by atoms with Crippen LogP contribution in [0.15, 0.2) is 64.5 Å². The van der Waals surface area contributed by atoms with Crippen molar-refractivity contribution in [3.63, 3.8) is 0 Å². The Kier molecular flexibility index (Phi) is 6.53. The fourth-order valence-corrected chi connectivity index (χ4v) is 4.64. The second-order valence-corrected chi connectivity index (χ2v) is 9.06. The fourth-order valence-electron chi connectivity index (χ4n) is 3.04. The lowest BCUT2D eigenvalue weighted by molar-refractivity contribution is 0.289. The maximum Gasteiger partial charge on any atom is 0.258 e. The van der Waals surface area contributed by atoms with Crippen LogP contribution in [0, 0.1) is 0 Å². The number of thioether (sulfide) groups is 1. The highest BCUT2D eigenvalue weighted by molar-refractivity contribution is 7.98. The molecule has 31 heavy (non-hydrogen) atoms. The number of hydrogen-bond acceptors (Lipinski definition) is 7. The topological polar surface area (TPSA) is 74.3 Å². The highest BCUT2D eigenvalue weighted by Gasteiger charge is 2.14. The first-order valence-electron chi connectivity index (χ1n) is 9.89. The van der Waals surface area contributed by atoms with E-state index in [9.17, 15) is 4.79 Å². The largest absolute Gasteiger partial charge is 0.486 e. The number of hydrogen-bond donors (Lipinski definition) is 0. The van der Waals surface area contributed by atoms with E-state index in [1.54, 1.807) is 22.7 Å². The summed E-state index contributed by atoms with van der Waals surface area (Å²) in [5.74, 6) is 2.52. The molecule has 0 aliphatic rings. The maximum atomic E-state index is 12.2. The second kappa shape index (κ2) is 9.49. The van der Waals surface area contributed by atoms with Crippen molar-refractivity contribution in [3.05, 3.63) is 82.0 Å². The highest BCUT2D eigenvalue weighted by Crippen LogP contribution is 2.23. The molecule has 0 unspecified atom stereocenters. The zero-order chi connectivity index (χ0) is 21.8. The molecule has 0 atom stereocenters. The van der Waals surface area contributed by atoms with Gasteiger partial charge < -0.3 is 4.74 Å². The van der Waals surface area contributed by atoms with E-state index >= 15 is 0 Å². The van der Waals surface area contributed by atoms with Gasteiger partial charge in [0.25, 0.3) is 5.56 Å². The number of fused-ring (bicyclic) bond motifs is 1. The van der Waals surface area contributed by atoms with Crippen molar-refractivity contribution in [2.45, 2.75) is 43.8 Å². The van der Waals surface area contributed by atoms with E-state index in [1.807, 2.05) is 22.1 Å². The molecule has 0 amide bonds. The van der Waals surface area contributed by atoms with Crippen LogP contribution in [0.25, 0.3) is 4.96 Å². The molecular weight excluding hydrogens is 430 g/mol. The number of nitrogens with zero attached hydrogens (tertiary/aromatic N) is 5. The van der Waals surface area contributed by atoms with Crippen molar-refractivity contribution >= 4 is 28.1 Å². The summed E-state index contributed by atoms with van der Waals surface area (Å²) in [7, 11) is 0. The van der Waals surface area contributed by atoms with Crippen LogP contribution < -0.4 is 10.3 Å². The summed E-state index contributed by atoms with van der Waals surface area (Å²) in [6.45, 7) is 9.05. The lowest BCUT2D eigenvalue weighted by atomic mass is 10.0. The van der Waals surface area contributed by atoms with Crippen LogP contribution in [0.3, 0.4) is 0 Å². The zero-order valence-corrected chi connectivity index (χ0v) is 19.0. The first kappa shape index (κ1) is 21.3. The van der Waals surface area contributed by atoms with E-state index in [4.69, 9.17) is 4.74 Å². The minimum absolute atomic E-state index is 0.0769. The van der Waals surface area contributed by atoms with Crippen LogP contribution in [0.4, 0.5) is 0 Å². The first-order chi connectivity index (χ1) is 15.0. The Labute approximate surface area is 188 Å². The van der Waals surface area contributed by atoms with Crippen LogP contribution in [0.1, 0.15) is 36.8 Å². The zero-order valence-electron chi connectivity index (χ0n) is 17.4. The molecule has 0 saturated carbocycles. The Hall–Kier alpha value is -2.91. The molecule has 4 aromatic rings. The maximum absolute atomic E-state index is 12.2. The number of rotatable bonds is 9. The van der Waals surface area contributed by atoms with Gasteiger partial charge in [0, 0.05) is 29.9 Å². The molecule has 160 valence electrons. The normalized spacial score (nSPS) is 11.3. The van der Waals surface area contributed by atoms with Gasteiger partial charge in [-0.1, -0.05) is 43.8 Å². The summed E-state index contributed by atoms with van der Waals surface area (Å²) in [5, 5.41) is 11.2. The van der Waals surface area contributed by atoms with Gasteiger partial charge in [0.15, 0.2) is 15.9 Å². The van der Waals surface area contributed by atoms with Gasteiger partial charge in [-0.3, -0.25) is 13.8 Å². The molecule has 0 aliphatic carbocycles. The van der Waals surface area contributed by atoms with Gasteiger partial charge in [-0.15, -0.1) is 28.1 Å². The number of benzene rings is 1. The van der Waals surface area contributed by atoms with Crippen LogP contribution in [-0.4, -0.2) is 24.1 Å². The number of allylic oxidation sites excluding steroid dienone is 1. The molecule has 3 heterocycles. The van der Waals surface area contributed by atoms with Gasteiger partial charge in [-0.25, -0.2) is 4.98 Å². The summed E-state index contributed by atoms with van der Waals surface area (Å²) in [5.41, 5.74) is 1.91. The minimum atomic E-state index is -0.0769. The third kappa shape index (κ3) is 4.88. The Bertz CT molecular complexity index is 1240. The summed E-state index contributed by atoms with van der Waals surface area (Å²) in [6.07, 6.45) is 3.53. The second-order valence-electron chi connectivity index (χ2n) is 7.24. The fraction of sp³-hybridized carbons (Fsp3) is 0.273. The van der Waals surface area contributed by atoms with Gasteiger partial charge in [-0.05, 0) is 23.6 Å². The smallest absolute Gasteiger partial charge is 0.258 e. The van der Waals surface area contributed by atoms with Gasteiger partial charge in [0.2, 0.25) is 0 Å². The van der Waals surface area contributed by atoms with Gasteiger partial charge >= 0.3 is 0 Å². The van der Waals surface area contributed by atoms with E-state index in [1.165, 1.54) is 28.7 Å². The molecule has 3 aromatic heterocycles. The summed E-state index contributed by atoms with van der Waals surface area (Å²) in [4.78, 5) is 17.4. The Morgan fingerprint density at radius 3 is 2.81 bits per heavy atom. The van der Waals surface area contributed by atoms with Crippen molar-refractivity contribution in [3.8, 4) is 5.75 Å². The Morgan fingerprint density at radius 2 is 2.06 bits per heavy atom. The van der Waals surface area contributed by atoms with Crippen molar-refractivity contribution in [1.82, 2.24) is 24.1 Å². The molecule has 0 bridgehead atoms. The minimum Gasteiger partial charge on any atom is -0.486 e. The van der Waals surface area contributed by atoms with Crippen LogP contribution in [0.5, 0.6) is 5.75 Å². The molecule has 4 rings (SSSR count). The standard InChI is InChI=1S/C22H23N5O2S2/c1-4-9-26-19(13-29-18-7-5-16(6-8-18)15(2)3)24-25-22(26)31-14-17-12-20(28)27-10-11-30-21(27)23-17/h4-8,10-12,15H,1,9,13-14H2,2-3H3. The van der Waals surface area contributed by atoms with Gasteiger partial charge in [-0.2, -0.15) is 0 Å². The molecule has 7 nitrogen and oxygen atoms in total. The number of ether oxygens (including phenoxy) is 1.